The van der Waals surface area contributed by atoms with Crippen molar-refractivity contribution >= 4 is 52.5 Å². The SMILES string of the molecule is O=C(Nc1cccc(Cl)c1)C(Sc1ccc(NC(=O)C2CC=CCC2C(=O)O)cc1)c1ccccc1. The predicted molar refractivity (Wildman–Crippen MR) is 143 cm³/mol. The van der Waals surface area contributed by atoms with Crippen LogP contribution >= 0.6 is 23.4 Å². The molecule has 6 nitrogen and oxygen atoms in total. The molecule has 2 amide bonds. The van der Waals surface area contributed by atoms with E-state index in [4.69, 9.17) is 11.6 Å². The minimum Gasteiger partial charge on any atom is -0.481 e. The van der Waals surface area contributed by atoms with Gasteiger partial charge in [0, 0.05) is 21.3 Å². The molecule has 3 N–H and O–H groups in total. The number of thioether (sulfide) groups is 1. The first kappa shape index (κ1) is 25.5. The number of carbonyl (C=O) groups is 3. The zero-order valence-corrected chi connectivity index (χ0v) is 20.8. The Hall–Kier alpha value is -3.55. The number of benzene rings is 3. The van der Waals surface area contributed by atoms with Gasteiger partial charge in [0.05, 0.1) is 11.8 Å². The first-order valence-corrected chi connectivity index (χ1v) is 12.7. The summed E-state index contributed by atoms with van der Waals surface area (Å²) in [6, 6.07) is 23.7. The second-order valence-corrected chi connectivity index (χ2v) is 10.0. The van der Waals surface area contributed by atoms with Crippen molar-refractivity contribution in [1.82, 2.24) is 0 Å². The van der Waals surface area contributed by atoms with E-state index in [1.807, 2.05) is 48.5 Å². The summed E-state index contributed by atoms with van der Waals surface area (Å²) in [5, 5.41) is 15.2. The normalized spacial score (nSPS) is 17.7. The standard InChI is InChI=1S/C28H25ClN2O4S/c29-19-9-6-10-21(17-19)31-27(33)25(18-7-2-1-3-8-18)36-22-15-13-20(14-16-22)30-26(32)23-11-4-5-12-24(23)28(34)35/h1-10,13-17,23-25H,11-12H2,(H,30,32)(H,31,33)(H,34,35). The maximum Gasteiger partial charge on any atom is 0.307 e. The summed E-state index contributed by atoms with van der Waals surface area (Å²) in [7, 11) is 0. The number of amides is 2. The van der Waals surface area contributed by atoms with E-state index in [0.29, 0.717) is 29.2 Å². The Morgan fingerprint density at radius 1 is 0.833 bits per heavy atom. The average molecular weight is 521 g/mol. The van der Waals surface area contributed by atoms with E-state index in [-0.39, 0.29) is 11.8 Å². The average Bonchev–Trinajstić information content (AvgIpc) is 2.88. The van der Waals surface area contributed by atoms with Gasteiger partial charge in [-0.3, -0.25) is 14.4 Å². The Bertz CT molecular complexity index is 1260. The quantitative estimate of drug-likeness (QED) is 0.235. The van der Waals surface area contributed by atoms with Crippen LogP contribution in [-0.4, -0.2) is 22.9 Å². The maximum absolute atomic E-state index is 13.2. The fourth-order valence-corrected chi connectivity index (χ4v) is 5.25. The minimum atomic E-state index is -0.964. The molecule has 0 aromatic heterocycles. The van der Waals surface area contributed by atoms with Crippen molar-refractivity contribution < 1.29 is 19.5 Å². The van der Waals surface area contributed by atoms with Crippen molar-refractivity contribution in [3.05, 3.63) is 102 Å². The second kappa shape index (κ2) is 11.9. The van der Waals surface area contributed by atoms with Gasteiger partial charge in [0.25, 0.3) is 0 Å². The Labute approximate surface area is 218 Å². The highest BCUT2D eigenvalue weighted by molar-refractivity contribution is 8.00. The highest BCUT2D eigenvalue weighted by Crippen LogP contribution is 2.37. The first-order valence-electron chi connectivity index (χ1n) is 11.5. The van der Waals surface area contributed by atoms with E-state index >= 15 is 0 Å². The van der Waals surface area contributed by atoms with Gasteiger partial charge in [-0.25, -0.2) is 0 Å². The number of hydrogen-bond acceptors (Lipinski definition) is 4. The van der Waals surface area contributed by atoms with Crippen LogP contribution in [0.3, 0.4) is 0 Å². The van der Waals surface area contributed by atoms with E-state index in [2.05, 4.69) is 10.6 Å². The molecule has 8 heteroatoms. The number of halogens is 1. The monoisotopic (exact) mass is 520 g/mol. The molecule has 36 heavy (non-hydrogen) atoms. The minimum absolute atomic E-state index is 0.184. The van der Waals surface area contributed by atoms with Crippen LogP contribution in [0, 0.1) is 11.8 Å². The molecule has 0 aliphatic heterocycles. The third kappa shape index (κ3) is 6.56. The zero-order chi connectivity index (χ0) is 25.5. The highest BCUT2D eigenvalue weighted by Gasteiger charge is 2.34. The molecule has 0 spiro atoms. The van der Waals surface area contributed by atoms with Crippen LogP contribution in [-0.2, 0) is 14.4 Å². The summed E-state index contributed by atoms with van der Waals surface area (Å²) in [4.78, 5) is 38.3. The van der Waals surface area contributed by atoms with Crippen molar-refractivity contribution in [3.63, 3.8) is 0 Å². The summed E-state index contributed by atoms with van der Waals surface area (Å²) < 4.78 is 0. The molecular weight excluding hydrogens is 496 g/mol. The van der Waals surface area contributed by atoms with E-state index in [1.165, 1.54) is 11.8 Å². The number of carboxylic acids is 1. The Kier molecular flexibility index (Phi) is 8.46. The molecule has 0 saturated heterocycles. The van der Waals surface area contributed by atoms with E-state index < -0.39 is 23.1 Å². The van der Waals surface area contributed by atoms with Gasteiger partial charge < -0.3 is 15.7 Å². The van der Waals surface area contributed by atoms with Gasteiger partial charge in [0.1, 0.15) is 5.25 Å². The molecule has 0 saturated carbocycles. The number of aliphatic carboxylic acids is 1. The van der Waals surface area contributed by atoms with Crippen LogP contribution in [0.5, 0.6) is 0 Å². The van der Waals surface area contributed by atoms with Gasteiger partial charge in [-0.1, -0.05) is 60.2 Å². The lowest BCUT2D eigenvalue weighted by Gasteiger charge is -2.24. The lowest BCUT2D eigenvalue weighted by atomic mass is 9.82. The molecule has 0 radical (unpaired) electrons. The van der Waals surface area contributed by atoms with Gasteiger partial charge in [-0.2, -0.15) is 0 Å². The molecule has 0 bridgehead atoms. The third-order valence-electron chi connectivity index (χ3n) is 5.89. The summed E-state index contributed by atoms with van der Waals surface area (Å²) in [5.41, 5.74) is 2.04. The van der Waals surface area contributed by atoms with Crippen LogP contribution in [0.25, 0.3) is 0 Å². The first-order chi connectivity index (χ1) is 17.4. The van der Waals surface area contributed by atoms with Crippen LogP contribution < -0.4 is 10.6 Å². The zero-order valence-electron chi connectivity index (χ0n) is 19.3. The number of allylic oxidation sites excluding steroid dienone is 2. The Morgan fingerprint density at radius 3 is 2.19 bits per heavy atom. The van der Waals surface area contributed by atoms with Crippen LogP contribution in [0.2, 0.25) is 5.02 Å². The number of nitrogens with one attached hydrogen (secondary N) is 2. The molecule has 3 aromatic rings. The molecule has 3 atom stereocenters. The van der Waals surface area contributed by atoms with Gasteiger partial charge in [-0.05, 0) is 60.9 Å². The topological polar surface area (TPSA) is 95.5 Å². The second-order valence-electron chi connectivity index (χ2n) is 8.42. The van der Waals surface area contributed by atoms with E-state index in [9.17, 15) is 19.5 Å². The number of hydrogen-bond donors (Lipinski definition) is 3. The van der Waals surface area contributed by atoms with Gasteiger partial charge in [-0.15, -0.1) is 11.8 Å². The maximum atomic E-state index is 13.2. The summed E-state index contributed by atoms with van der Waals surface area (Å²) in [6.07, 6.45) is 4.40. The fraction of sp³-hybridized carbons (Fsp3) is 0.179. The van der Waals surface area contributed by atoms with Crippen LogP contribution in [0.4, 0.5) is 11.4 Å². The molecule has 1 aliphatic carbocycles. The largest absolute Gasteiger partial charge is 0.481 e. The molecule has 0 heterocycles. The fourth-order valence-electron chi connectivity index (χ4n) is 4.04. The van der Waals surface area contributed by atoms with Gasteiger partial charge >= 0.3 is 5.97 Å². The highest BCUT2D eigenvalue weighted by atomic mass is 35.5. The third-order valence-corrected chi connectivity index (χ3v) is 7.40. The number of carbonyl (C=O) groups excluding carboxylic acids is 2. The number of rotatable bonds is 8. The lowest BCUT2D eigenvalue weighted by molar-refractivity contribution is -0.146. The molecule has 3 unspecified atom stereocenters. The van der Waals surface area contributed by atoms with E-state index in [1.54, 1.807) is 42.5 Å². The van der Waals surface area contributed by atoms with Crippen molar-refractivity contribution in [2.24, 2.45) is 11.8 Å². The van der Waals surface area contributed by atoms with Crippen molar-refractivity contribution in [2.45, 2.75) is 23.0 Å². The smallest absolute Gasteiger partial charge is 0.307 e. The van der Waals surface area contributed by atoms with Crippen molar-refractivity contribution in [2.75, 3.05) is 10.6 Å². The van der Waals surface area contributed by atoms with Crippen LogP contribution in [0.1, 0.15) is 23.7 Å². The summed E-state index contributed by atoms with van der Waals surface area (Å²) in [5.74, 6) is -2.80. The lowest BCUT2D eigenvalue weighted by Crippen LogP contribution is -2.34. The molecular formula is C28H25ClN2O4S. The molecule has 184 valence electrons. The molecule has 1 aliphatic rings. The number of carboxylic acid groups (broad SMARTS) is 1. The summed E-state index contributed by atoms with van der Waals surface area (Å²) >= 11 is 7.45. The van der Waals surface area contributed by atoms with Gasteiger partial charge in [0.2, 0.25) is 11.8 Å². The molecule has 4 rings (SSSR count). The van der Waals surface area contributed by atoms with Crippen molar-refractivity contribution in [3.8, 4) is 0 Å². The Balaban J connectivity index is 1.46. The van der Waals surface area contributed by atoms with Crippen molar-refractivity contribution in [1.29, 1.82) is 0 Å². The molecule has 0 fully saturated rings. The Morgan fingerprint density at radius 2 is 1.53 bits per heavy atom. The van der Waals surface area contributed by atoms with Crippen LogP contribution in [0.15, 0.2) is 95.9 Å². The number of anilines is 2. The predicted octanol–water partition coefficient (Wildman–Crippen LogP) is 6.42. The van der Waals surface area contributed by atoms with Gasteiger partial charge in [0.15, 0.2) is 0 Å². The summed E-state index contributed by atoms with van der Waals surface area (Å²) in [6.45, 7) is 0. The van der Waals surface area contributed by atoms with E-state index in [0.717, 1.165) is 10.5 Å². The molecule has 3 aromatic carbocycles.